The van der Waals surface area contributed by atoms with E-state index in [1.807, 2.05) is 29.6 Å². The van der Waals surface area contributed by atoms with Crippen LogP contribution in [0.1, 0.15) is 35.5 Å². The molecule has 4 nitrogen and oxygen atoms in total. The Bertz CT molecular complexity index is 831. The molecular formula is C21H23N3OS. The average Bonchev–Trinajstić information content (AvgIpc) is 3.09. The number of nitrogens with one attached hydrogen (secondary N) is 1. The molecule has 1 heterocycles. The Kier molecular flexibility index (Phi) is 6.15. The van der Waals surface area contributed by atoms with Gasteiger partial charge in [0.15, 0.2) is 5.13 Å². The largest absolute Gasteiger partial charge is 0.298 e. The monoisotopic (exact) mass is 365 g/mol. The van der Waals surface area contributed by atoms with Crippen LogP contribution in [0.25, 0.3) is 0 Å². The Morgan fingerprint density at radius 3 is 2.35 bits per heavy atom. The fraction of sp³-hybridized carbons (Fsp3) is 0.238. The molecule has 0 spiro atoms. The van der Waals surface area contributed by atoms with Gasteiger partial charge in [0.25, 0.3) is 5.91 Å². The van der Waals surface area contributed by atoms with Crippen molar-refractivity contribution in [1.82, 2.24) is 9.88 Å². The van der Waals surface area contributed by atoms with Crippen LogP contribution in [-0.2, 0) is 13.1 Å². The maximum absolute atomic E-state index is 12.2. The average molecular weight is 366 g/mol. The molecule has 1 amide bonds. The molecule has 0 bridgehead atoms. The Morgan fingerprint density at radius 1 is 1.04 bits per heavy atom. The first-order chi connectivity index (χ1) is 12.6. The van der Waals surface area contributed by atoms with Gasteiger partial charge in [-0.15, -0.1) is 11.3 Å². The lowest BCUT2D eigenvalue weighted by atomic mass is 10.2. The van der Waals surface area contributed by atoms with Crippen LogP contribution in [0.4, 0.5) is 5.13 Å². The minimum absolute atomic E-state index is 0.128. The molecule has 0 aliphatic heterocycles. The maximum atomic E-state index is 12.2. The highest BCUT2D eigenvalue weighted by molar-refractivity contribution is 7.13. The fourth-order valence-electron chi connectivity index (χ4n) is 2.64. The second-order valence-electron chi connectivity index (χ2n) is 6.45. The van der Waals surface area contributed by atoms with Crippen molar-refractivity contribution in [1.29, 1.82) is 0 Å². The van der Waals surface area contributed by atoms with E-state index in [0.717, 1.165) is 18.8 Å². The van der Waals surface area contributed by atoms with Crippen molar-refractivity contribution in [3.8, 4) is 0 Å². The van der Waals surface area contributed by atoms with Crippen LogP contribution in [0.3, 0.4) is 0 Å². The number of carbonyl (C=O) groups is 1. The van der Waals surface area contributed by atoms with Crippen molar-refractivity contribution in [2.45, 2.75) is 33.0 Å². The van der Waals surface area contributed by atoms with Gasteiger partial charge in [0.05, 0.1) is 5.69 Å². The van der Waals surface area contributed by atoms with E-state index < -0.39 is 0 Å². The SMILES string of the molecule is CC(C)N(Cc1ccccc1)Cc1csc(NC(=O)c2ccccc2)n1. The number of amides is 1. The van der Waals surface area contributed by atoms with Crippen LogP contribution in [0.15, 0.2) is 66.0 Å². The fourth-order valence-corrected chi connectivity index (χ4v) is 3.34. The van der Waals surface area contributed by atoms with Crippen LogP contribution >= 0.6 is 11.3 Å². The van der Waals surface area contributed by atoms with E-state index in [1.165, 1.54) is 16.9 Å². The molecule has 5 heteroatoms. The standard InChI is InChI=1S/C21H23N3OS/c1-16(2)24(13-17-9-5-3-6-10-17)14-19-15-26-21(22-19)23-20(25)18-11-7-4-8-12-18/h3-12,15-16H,13-14H2,1-2H3,(H,22,23,25). The van der Waals surface area contributed by atoms with E-state index in [9.17, 15) is 4.79 Å². The molecule has 1 aromatic heterocycles. The molecule has 0 unspecified atom stereocenters. The molecule has 134 valence electrons. The molecule has 0 aliphatic rings. The van der Waals surface area contributed by atoms with E-state index in [-0.39, 0.29) is 5.91 Å². The van der Waals surface area contributed by atoms with Gasteiger partial charge >= 0.3 is 0 Å². The number of aromatic nitrogens is 1. The highest BCUT2D eigenvalue weighted by atomic mass is 32.1. The number of nitrogens with zero attached hydrogens (tertiary/aromatic N) is 2. The summed E-state index contributed by atoms with van der Waals surface area (Å²) in [5.74, 6) is -0.128. The van der Waals surface area contributed by atoms with E-state index in [0.29, 0.717) is 16.7 Å². The molecule has 0 atom stereocenters. The number of anilines is 1. The van der Waals surface area contributed by atoms with Crippen molar-refractivity contribution in [3.05, 3.63) is 82.9 Å². The van der Waals surface area contributed by atoms with E-state index in [2.05, 4.69) is 53.3 Å². The molecule has 0 saturated carbocycles. The predicted octanol–water partition coefficient (Wildman–Crippen LogP) is 4.81. The third-order valence-corrected chi connectivity index (χ3v) is 4.94. The lowest BCUT2D eigenvalue weighted by Gasteiger charge is -2.25. The maximum Gasteiger partial charge on any atom is 0.257 e. The number of thiazole rings is 1. The summed E-state index contributed by atoms with van der Waals surface area (Å²) in [6, 6.07) is 20.0. The molecule has 3 aromatic rings. The molecule has 2 aromatic carbocycles. The Labute approximate surface area is 158 Å². The zero-order valence-corrected chi connectivity index (χ0v) is 15.9. The second-order valence-corrected chi connectivity index (χ2v) is 7.31. The highest BCUT2D eigenvalue weighted by Crippen LogP contribution is 2.20. The lowest BCUT2D eigenvalue weighted by Crippen LogP contribution is -2.30. The topological polar surface area (TPSA) is 45.2 Å². The number of carbonyl (C=O) groups excluding carboxylic acids is 1. The Morgan fingerprint density at radius 2 is 1.69 bits per heavy atom. The summed E-state index contributed by atoms with van der Waals surface area (Å²) in [5.41, 5.74) is 2.90. The van der Waals surface area contributed by atoms with Gasteiger partial charge in [0.2, 0.25) is 0 Å². The van der Waals surface area contributed by atoms with Crippen molar-refractivity contribution < 1.29 is 4.79 Å². The third kappa shape index (κ3) is 5.00. The molecule has 3 rings (SSSR count). The summed E-state index contributed by atoms with van der Waals surface area (Å²) in [5, 5.41) is 5.53. The Balaban J connectivity index is 1.63. The van der Waals surface area contributed by atoms with E-state index in [4.69, 9.17) is 0 Å². The van der Waals surface area contributed by atoms with Gasteiger partial charge in [-0.25, -0.2) is 4.98 Å². The first kappa shape index (κ1) is 18.3. The highest BCUT2D eigenvalue weighted by Gasteiger charge is 2.14. The van der Waals surface area contributed by atoms with Gasteiger partial charge in [-0.2, -0.15) is 0 Å². The van der Waals surface area contributed by atoms with Gasteiger partial charge in [-0.3, -0.25) is 15.0 Å². The molecule has 0 radical (unpaired) electrons. The van der Waals surface area contributed by atoms with Gasteiger partial charge in [0.1, 0.15) is 0 Å². The summed E-state index contributed by atoms with van der Waals surface area (Å²) in [7, 11) is 0. The summed E-state index contributed by atoms with van der Waals surface area (Å²) in [6.07, 6.45) is 0. The number of hydrogen-bond acceptors (Lipinski definition) is 4. The molecular weight excluding hydrogens is 342 g/mol. The summed E-state index contributed by atoms with van der Waals surface area (Å²) >= 11 is 1.46. The summed E-state index contributed by atoms with van der Waals surface area (Å²) in [6.45, 7) is 6.01. The van der Waals surface area contributed by atoms with E-state index >= 15 is 0 Å². The van der Waals surface area contributed by atoms with Gasteiger partial charge in [0, 0.05) is 30.1 Å². The molecule has 0 aliphatic carbocycles. The minimum Gasteiger partial charge on any atom is -0.298 e. The van der Waals surface area contributed by atoms with Crippen molar-refractivity contribution in [3.63, 3.8) is 0 Å². The predicted molar refractivity (Wildman–Crippen MR) is 107 cm³/mol. The first-order valence-electron chi connectivity index (χ1n) is 8.70. The summed E-state index contributed by atoms with van der Waals surface area (Å²) in [4.78, 5) is 19.2. The summed E-state index contributed by atoms with van der Waals surface area (Å²) < 4.78 is 0. The number of benzene rings is 2. The molecule has 26 heavy (non-hydrogen) atoms. The van der Waals surface area contributed by atoms with Gasteiger partial charge in [-0.1, -0.05) is 48.5 Å². The van der Waals surface area contributed by atoms with Gasteiger partial charge in [-0.05, 0) is 31.5 Å². The Hall–Kier alpha value is -2.50. The van der Waals surface area contributed by atoms with Crippen LogP contribution < -0.4 is 5.32 Å². The lowest BCUT2D eigenvalue weighted by molar-refractivity contribution is 0.102. The van der Waals surface area contributed by atoms with Crippen molar-refractivity contribution in [2.75, 3.05) is 5.32 Å². The second kappa shape index (κ2) is 8.74. The van der Waals surface area contributed by atoms with Gasteiger partial charge < -0.3 is 0 Å². The van der Waals surface area contributed by atoms with Crippen LogP contribution in [0.2, 0.25) is 0 Å². The smallest absolute Gasteiger partial charge is 0.257 e. The minimum atomic E-state index is -0.128. The van der Waals surface area contributed by atoms with Crippen molar-refractivity contribution in [2.24, 2.45) is 0 Å². The van der Waals surface area contributed by atoms with Crippen molar-refractivity contribution >= 4 is 22.4 Å². The normalized spacial score (nSPS) is 11.1. The zero-order chi connectivity index (χ0) is 18.4. The molecule has 0 saturated heterocycles. The number of rotatable bonds is 7. The third-order valence-electron chi connectivity index (χ3n) is 4.13. The molecule has 0 fully saturated rings. The first-order valence-corrected chi connectivity index (χ1v) is 9.58. The van der Waals surface area contributed by atoms with E-state index in [1.54, 1.807) is 12.1 Å². The van der Waals surface area contributed by atoms with Crippen LogP contribution in [-0.4, -0.2) is 21.8 Å². The number of hydrogen-bond donors (Lipinski definition) is 1. The quantitative estimate of drug-likeness (QED) is 0.654. The zero-order valence-electron chi connectivity index (χ0n) is 15.1. The van der Waals surface area contributed by atoms with Crippen LogP contribution in [0.5, 0.6) is 0 Å². The molecule has 1 N–H and O–H groups in total. The van der Waals surface area contributed by atoms with Crippen LogP contribution in [0, 0.1) is 0 Å².